The van der Waals surface area contributed by atoms with Gasteiger partial charge < -0.3 is 19.5 Å². The third kappa shape index (κ3) is 24.1. The van der Waals surface area contributed by atoms with Crippen LogP contribution in [0.5, 0.6) is 0 Å². The molecule has 0 aliphatic carbocycles. The third-order valence-corrected chi connectivity index (χ3v) is 7.70. The van der Waals surface area contributed by atoms with E-state index < -0.39 is 18.0 Å². The Bertz CT molecular complexity index is 572. The van der Waals surface area contributed by atoms with Crippen LogP contribution in [0, 0.1) is 0 Å². The van der Waals surface area contributed by atoms with Gasteiger partial charge in [0.25, 0.3) is 0 Å². The SMILES string of the molecule is CCCCCCCCCCCCCCCCCCCCCCCCCC(=O)C(O)(CC(=O)[O-])C[N+](C)(C)C. The Labute approximate surface area is 236 Å². The Morgan fingerprint density at radius 3 is 1.13 bits per heavy atom. The Morgan fingerprint density at radius 2 is 0.868 bits per heavy atom. The van der Waals surface area contributed by atoms with Gasteiger partial charge >= 0.3 is 0 Å². The summed E-state index contributed by atoms with van der Waals surface area (Å²) < 4.78 is 0.328. The number of hydrogen-bond donors (Lipinski definition) is 1. The minimum Gasteiger partial charge on any atom is -0.550 e. The summed E-state index contributed by atoms with van der Waals surface area (Å²) in [5.74, 6) is -1.74. The van der Waals surface area contributed by atoms with E-state index >= 15 is 0 Å². The lowest BCUT2D eigenvalue weighted by atomic mass is 9.89. The van der Waals surface area contributed by atoms with Gasteiger partial charge in [0, 0.05) is 18.8 Å². The molecule has 0 aromatic rings. The van der Waals surface area contributed by atoms with Crippen LogP contribution in [-0.4, -0.2) is 54.6 Å². The summed E-state index contributed by atoms with van der Waals surface area (Å²) in [6, 6.07) is 0. The topological polar surface area (TPSA) is 77.4 Å². The standard InChI is InChI=1S/C33H65NO4/c1-5-6-7-8-9-10-11-12-13-14-15-16-17-18-19-20-21-22-23-24-25-26-27-28-31(35)33(38,29-32(36)37)30-34(2,3)4/h38H,5-30H2,1-4H3. The zero-order valence-electron chi connectivity index (χ0n) is 26.0. The first-order valence-corrected chi connectivity index (χ1v) is 16.4. The van der Waals surface area contributed by atoms with Crippen molar-refractivity contribution >= 4 is 11.8 Å². The summed E-state index contributed by atoms with van der Waals surface area (Å²) in [6.45, 7) is 2.37. The lowest BCUT2D eigenvalue weighted by molar-refractivity contribution is -0.875. The smallest absolute Gasteiger partial charge is 0.177 e. The van der Waals surface area contributed by atoms with Crippen molar-refractivity contribution in [1.82, 2.24) is 0 Å². The normalized spacial score (nSPS) is 13.5. The highest BCUT2D eigenvalue weighted by molar-refractivity contribution is 5.90. The Balaban J connectivity index is 3.48. The minimum atomic E-state index is -1.83. The van der Waals surface area contributed by atoms with Gasteiger partial charge in [-0.05, 0) is 6.42 Å². The molecule has 0 aromatic carbocycles. The Kier molecular flexibility index (Phi) is 23.3. The van der Waals surface area contributed by atoms with E-state index in [2.05, 4.69) is 6.92 Å². The molecule has 0 rings (SSSR count). The van der Waals surface area contributed by atoms with E-state index in [1.165, 1.54) is 128 Å². The predicted molar refractivity (Wildman–Crippen MR) is 159 cm³/mol. The van der Waals surface area contributed by atoms with Gasteiger partial charge in [0.2, 0.25) is 0 Å². The lowest BCUT2D eigenvalue weighted by Gasteiger charge is -2.34. The maximum Gasteiger partial charge on any atom is 0.177 e. The molecule has 5 nitrogen and oxygen atoms in total. The van der Waals surface area contributed by atoms with Crippen LogP contribution in [0.3, 0.4) is 0 Å². The molecule has 5 heteroatoms. The van der Waals surface area contributed by atoms with Crippen LogP contribution in [0.4, 0.5) is 0 Å². The highest BCUT2D eigenvalue weighted by Gasteiger charge is 2.40. The van der Waals surface area contributed by atoms with Crippen LogP contribution in [0.15, 0.2) is 0 Å². The number of rotatable bonds is 29. The average molecular weight is 540 g/mol. The number of carboxylic acids is 1. The average Bonchev–Trinajstić information content (AvgIpc) is 2.82. The molecule has 38 heavy (non-hydrogen) atoms. The van der Waals surface area contributed by atoms with Crippen molar-refractivity contribution in [3.63, 3.8) is 0 Å². The van der Waals surface area contributed by atoms with Crippen molar-refractivity contribution in [3.8, 4) is 0 Å². The largest absolute Gasteiger partial charge is 0.550 e. The quantitative estimate of drug-likeness (QED) is 0.0788. The highest BCUT2D eigenvalue weighted by atomic mass is 16.4. The van der Waals surface area contributed by atoms with E-state index in [0.717, 1.165) is 12.8 Å². The summed E-state index contributed by atoms with van der Waals surface area (Å²) in [5, 5.41) is 21.7. The fourth-order valence-corrected chi connectivity index (χ4v) is 5.57. The molecule has 0 aliphatic rings. The maximum atomic E-state index is 12.5. The van der Waals surface area contributed by atoms with Crippen LogP contribution in [0.25, 0.3) is 0 Å². The van der Waals surface area contributed by atoms with Crippen molar-refractivity contribution in [1.29, 1.82) is 0 Å². The lowest BCUT2D eigenvalue weighted by Crippen LogP contribution is -2.56. The van der Waals surface area contributed by atoms with E-state index in [1.54, 1.807) is 0 Å². The molecule has 1 atom stereocenters. The number of unbranched alkanes of at least 4 members (excludes halogenated alkanes) is 22. The number of carbonyl (C=O) groups is 2. The Hall–Kier alpha value is -0.940. The molecule has 0 saturated heterocycles. The maximum absolute atomic E-state index is 12.5. The van der Waals surface area contributed by atoms with E-state index in [4.69, 9.17) is 0 Å². The van der Waals surface area contributed by atoms with Gasteiger partial charge in [-0.1, -0.05) is 148 Å². The molecule has 226 valence electrons. The number of carbonyl (C=O) groups excluding carboxylic acids is 2. The molecule has 1 N–H and O–H groups in total. The van der Waals surface area contributed by atoms with Crippen molar-refractivity contribution in [3.05, 3.63) is 0 Å². The molecule has 0 radical (unpaired) electrons. The molecule has 0 aliphatic heterocycles. The van der Waals surface area contributed by atoms with Crippen molar-refractivity contribution in [2.45, 2.75) is 173 Å². The molecule has 0 bridgehead atoms. The van der Waals surface area contributed by atoms with E-state index in [-0.39, 0.29) is 18.7 Å². The highest BCUT2D eigenvalue weighted by Crippen LogP contribution is 2.20. The number of ketones is 1. The second-order valence-corrected chi connectivity index (χ2v) is 13.0. The molecular weight excluding hydrogens is 474 g/mol. The first-order chi connectivity index (χ1) is 18.1. The van der Waals surface area contributed by atoms with E-state index in [9.17, 15) is 19.8 Å². The van der Waals surface area contributed by atoms with Crippen molar-refractivity contribution in [2.24, 2.45) is 0 Å². The minimum absolute atomic E-state index is 0.0825. The predicted octanol–water partition coefficient (Wildman–Crippen LogP) is 7.52. The summed E-state index contributed by atoms with van der Waals surface area (Å²) in [5.41, 5.74) is -1.83. The molecule has 0 spiro atoms. The fraction of sp³-hybridized carbons (Fsp3) is 0.939. The number of hydrogen-bond acceptors (Lipinski definition) is 4. The first-order valence-electron chi connectivity index (χ1n) is 16.4. The van der Waals surface area contributed by atoms with Crippen LogP contribution in [0.2, 0.25) is 0 Å². The molecule has 0 heterocycles. The monoisotopic (exact) mass is 539 g/mol. The number of nitrogens with zero attached hydrogens (tertiary/aromatic N) is 1. The number of quaternary nitrogens is 1. The van der Waals surface area contributed by atoms with E-state index in [0.29, 0.717) is 10.9 Å². The van der Waals surface area contributed by atoms with E-state index in [1.807, 2.05) is 21.1 Å². The van der Waals surface area contributed by atoms with Crippen molar-refractivity contribution in [2.75, 3.05) is 27.7 Å². The van der Waals surface area contributed by atoms with Crippen LogP contribution < -0.4 is 5.11 Å². The fourth-order valence-electron chi connectivity index (χ4n) is 5.57. The summed E-state index contributed by atoms with van der Waals surface area (Å²) >= 11 is 0. The first kappa shape index (κ1) is 37.1. The Morgan fingerprint density at radius 1 is 0.579 bits per heavy atom. The summed E-state index contributed by atoms with van der Waals surface area (Å²) in [6.07, 6.45) is 30.1. The molecular formula is C33H65NO4. The van der Waals surface area contributed by atoms with Crippen LogP contribution in [-0.2, 0) is 9.59 Å². The molecule has 0 fully saturated rings. The second-order valence-electron chi connectivity index (χ2n) is 13.0. The van der Waals surface area contributed by atoms with Gasteiger partial charge in [-0.2, -0.15) is 0 Å². The zero-order chi connectivity index (χ0) is 28.5. The zero-order valence-corrected chi connectivity index (χ0v) is 26.0. The van der Waals surface area contributed by atoms with Crippen molar-refractivity contribution < 1.29 is 24.3 Å². The van der Waals surface area contributed by atoms with Gasteiger partial charge in [0.15, 0.2) is 11.4 Å². The number of likely N-dealkylation sites (N-methyl/N-ethyl adjacent to an activating group) is 1. The number of aliphatic carboxylic acids is 1. The molecule has 0 aromatic heterocycles. The summed E-state index contributed by atoms with van der Waals surface area (Å²) in [4.78, 5) is 23.6. The van der Waals surface area contributed by atoms with Crippen LogP contribution >= 0.6 is 0 Å². The van der Waals surface area contributed by atoms with Gasteiger partial charge in [-0.15, -0.1) is 0 Å². The van der Waals surface area contributed by atoms with Crippen LogP contribution in [0.1, 0.15) is 167 Å². The molecule has 1 unspecified atom stereocenters. The second kappa shape index (κ2) is 23.9. The van der Waals surface area contributed by atoms with Gasteiger partial charge in [-0.3, -0.25) is 4.79 Å². The number of Topliss-reactive ketones (excluding diaryl/α,β-unsaturated/α-hetero) is 1. The number of carboxylic acid groups (broad SMARTS) is 1. The third-order valence-electron chi connectivity index (χ3n) is 7.70. The summed E-state index contributed by atoms with van der Waals surface area (Å²) in [7, 11) is 5.52. The van der Waals surface area contributed by atoms with Gasteiger partial charge in [-0.25, -0.2) is 0 Å². The molecule has 0 saturated carbocycles. The van der Waals surface area contributed by atoms with Gasteiger partial charge in [0.05, 0.1) is 21.1 Å². The van der Waals surface area contributed by atoms with Gasteiger partial charge in [0.1, 0.15) is 6.54 Å². The molecule has 0 amide bonds. The number of aliphatic hydroxyl groups is 1.